The Labute approximate surface area is 214 Å². The lowest BCUT2D eigenvalue weighted by Crippen LogP contribution is -2.50. The number of carbonyl (C=O) groups is 1. The number of sulfonamides is 1. The van der Waals surface area contributed by atoms with E-state index in [4.69, 9.17) is 21.1 Å². The van der Waals surface area contributed by atoms with E-state index in [0.717, 1.165) is 16.3 Å². The Balaban J connectivity index is 1.42. The summed E-state index contributed by atoms with van der Waals surface area (Å²) in [5, 5.41) is 5.36. The van der Waals surface area contributed by atoms with Crippen molar-refractivity contribution < 1.29 is 22.7 Å². The van der Waals surface area contributed by atoms with Gasteiger partial charge in [-0.2, -0.15) is 0 Å². The summed E-state index contributed by atoms with van der Waals surface area (Å²) in [6.07, 6.45) is -1.05. The summed E-state index contributed by atoms with van der Waals surface area (Å²) in [5.74, 6) is 0.372. The van der Waals surface area contributed by atoms with Gasteiger partial charge in [0.15, 0.2) is 6.10 Å². The summed E-state index contributed by atoms with van der Waals surface area (Å²) < 4.78 is 39.5. The molecule has 5 rings (SSSR count). The van der Waals surface area contributed by atoms with Gasteiger partial charge >= 0.3 is 0 Å². The van der Waals surface area contributed by atoms with Crippen LogP contribution in [0, 0.1) is 0 Å². The van der Waals surface area contributed by atoms with Crippen LogP contribution in [0.4, 0.5) is 5.69 Å². The van der Waals surface area contributed by atoms with Gasteiger partial charge in [-0.15, -0.1) is 0 Å². The molecule has 9 heteroatoms. The van der Waals surface area contributed by atoms with Gasteiger partial charge in [-0.25, -0.2) is 8.42 Å². The molecule has 0 aromatic heterocycles. The molecule has 0 unspecified atom stereocenters. The second-order valence-corrected chi connectivity index (χ2v) is 10.6. The number of anilines is 1. The van der Waals surface area contributed by atoms with E-state index in [-0.39, 0.29) is 29.4 Å². The molecule has 0 saturated heterocycles. The topological polar surface area (TPSA) is 84.9 Å². The van der Waals surface area contributed by atoms with Crippen LogP contribution in [0.5, 0.6) is 11.5 Å². The number of carbonyl (C=O) groups excluding carboxylic acids is 1. The van der Waals surface area contributed by atoms with E-state index in [1.807, 2.05) is 42.5 Å². The third-order valence-electron chi connectivity index (χ3n) is 6.06. The van der Waals surface area contributed by atoms with Crippen molar-refractivity contribution in [1.29, 1.82) is 0 Å². The molecule has 0 bridgehead atoms. The molecule has 184 valence electrons. The van der Waals surface area contributed by atoms with Crippen LogP contribution in [0.2, 0.25) is 5.02 Å². The van der Waals surface area contributed by atoms with Crippen molar-refractivity contribution in [2.24, 2.45) is 0 Å². The summed E-state index contributed by atoms with van der Waals surface area (Å²) in [6.45, 7) is 0.0713. The molecule has 7 nitrogen and oxygen atoms in total. The van der Waals surface area contributed by atoms with Gasteiger partial charge in [0.2, 0.25) is 0 Å². The second kappa shape index (κ2) is 9.72. The smallest absolute Gasteiger partial charge is 0.264 e. The zero-order valence-electron chi connectivity index (χ0n) is 19.3. The van der Waals surface area contributed by atoms with Crippen molar-refractivity contribution in [3.63, 3.8) is 0 Å². The minimum atomic E-state index is -4.02. The van der Waals surface area contributed by atoms with Crippen molar-refractivity contribution in [2.45, 2.75) is 17.5 Å². The summed E-state index contributed by atoms with van der Waals surface area (Å²) in [7, 11) is -2.52. The van der Waals surface area contributed by atoms with Crippen LogP contribution in [0.25, 0.3) is 10.8 Å². The molecular formula is C27H23ClN2O5S. The van der Waals surface area contributed by atoms with Crippen LogP contribution in [0.1, 0.15) is 5.56 Å². The van der Waals surface area contributed by atoms with E-state index in [9.17, 15) is 13.2 Å². The lowest BCUT2D eigenvalue weighted by Gasteiger charge is -2.35. The highest BCUT2D eigenvalue weighted by Crippen LogP contribution is 2.39. The zero-order valence-corrected chi connectivity index (χ0v) is 20.9. The van der Waals surface area contributed by atoms with E-state index in [0.29, 0.717) is 10.8 Å². The van der Waals surface area contributed by atoms with Crippen molar-refractivity contribution in [1.82, 2.24) is 5.32 Å². The molecule has 4 aromatic carbocycles. The predicted molar refractivity (Wildman–Crippen MR) is 139 cm³/mol. The van der Waals surface area contributed by atoms with Crippen LogP contribution < -0.4 is 19.1 Å². The lowest BCUT2D eigenvalue weighted by molar-refractivity contribution is -0.127. The molecule has 0 fully saturated rings. The fourth-order valence-electron chi connectivity index (χ4n) is 4.21. The monoisotopic (exact) mass is 522 g/mol. The van der Waals surface area contributed by atoms with Crippen molar-refractivity contribution in [3.8, 4) is 11.5 Å². The van der Waals surface area contributed by atoms with Gasteiger partial charge in [0, 0.05) is 11.6 Å². The fraction of sp³-hybridized carbons (Fsp3) is 0.148. The lowest BCUT2D eigenvalue weighted by atomic mass is 10.0. The molecule has 36 heavy (non-hydrogen) atoms. The molecule has 1 heterocycles. The number of nitrogens with zero attached hydrogens (tertiary/aromatic N) is 1. The first kappa shape index (κ1) is 24.0. The Morgan fingerprint density at radius 3 is 2.58 bits per heavy atom. The number of benzene rings is 4. The molecule has 1 N–H and O–H groups in total. The standard InChI is InChI=1S/C27H23ClN2O5S/c1-34-21-10-12-22(13-11-21)36(32,33)30-17-26(35-25-14-9-20(28)15-24(25)30)27(31)29-16-19-7-4-6-18-5-2-3-8-23(18)19/h2-15,26H,16-17H2,1H3,(H,29,31)/t26-/m0/s1. The van der Waals surface area contributed by atoms with Crippen molar-refractivity contribution >= 4 is 44.0 Å². The highest BCUT2D eigenvalue weighted by molar-refractivity contribution is 7.92. The Morgan fingerprint density at radius 1 is 1.06 bits per heavy atom. The first-order valence-electron chi connectivity index (χ1n) is 11.2. The number of ether oxygens (including phenoxy) is 2. The third-order valence-corrected chi connectivity index (χ3v) is 8.09. The predicted octanol–water partition coefficient (Wildman–Crippen LogP) is 4.77. The molecule has 1 atom stereocenters. The maximum Gasteiger partial charge on any atom is 0.264 e. The minimum Gasteiger partial charge on any atom is -0.497 e. The van der Waals surface area contributed by atoms with Gasteiger partial charge in [0.05, 0.1) is 24.2 Å². The van der Waals surface area contributed by atoms with E-state index in [1.165, 1.54) is 29.6 Å². The van der Waals surface area contributed by atoms with Crippen LogP contribution in [-0.2, 0) is 21.4 Å². The zero-order chi connectivity index (χ0) is 25.3. The number of halogens is 1. The normalized spacial score (nSPS) is 15.2. The minimum absolute atomic E-state index is 0.0611. The molecule has 1 aliphatic heterocycles. The molecule has 0 radical (unpaired) electrons. The van der Waals surface area contributed by atoms with Gasteiger partial charge in [-0.05, 0) is 58.8 Å². The summed E-state index contributed by atoms with van der Waals surface area (Å²) in [6, 6.07) is 24.5. The first-order chi connectivity index (χ1) is 17.4. The Kier molecular flexibility index (Phi) is 6.47. The SMILES string of the molecule is COc1ccc(S(=O)(=O)N2C[C@@H](C(=O)NCc3cccc4ccccc34)Oc3ccc(Cl)cc32)cc1. The van der Waals surface area contributed by atoms with Crippen molar-refractivity contribution in [3.05, 3.63) is 95.5 Å². The summed E-state index contributed by atoms with van der Waals surface area (Å²) in [5.41, 5.74) is 1.23. The van der Waals surface area contributed by atoms with Gasteiger partial charge in [-0.1, -0.05) is 54.1 Å². The Hall–Kier alpha value is -3.75. The highest BCUT2D eigenvalue weighted by Gasteiger charge is 2.37. The molecule has 1 amide bonds. The van der Waals surface area contributed by atoms with E-state index < -0.39 is 22.0 Å². The van der Waals surface area contributed by atoms with Crippen molar-refractivity contribution in [2.75, 3.05) is 18.0 Å². The molecule has 0 aliphatic carbocycles. The number of hydrogen-bond acceptors (Lipinski definition) is 5. The molecule has 4 aromatic rings. The van der Waals surface area contributed by atoms with Crippen LogP contribution >= 0.6 is 11.6 Å². The number of rotatable bonds is 6. The van der Waals surface area contributed by atoms with Crippen LogP contribution in [0.3, 0.4) is 0 Å². The van der Waals surface area contributed by atoms with Crippen LogP contribution in [-0.4, -0.2) is 34.1 Å². The third kappa shape index (κ3) is 4.57. The van der Waals surface area contributed by atoms with Crippen LogP contribution in [0.15, 0.2) is 89.8 Å². The number of amides is 1. The number of fused-ring (bicyclic) bond motifs is 2. The largest absolute Gasteiger partial charge is 0.497 e. The highest BCUT2D eigenvalue weighted by atomic mass is 35.5. The molecule has 1 aliphatic rings. The summed E-state index contributed by atoms with van der Waals surface area (Å²) in [4.78, 5) is 13.2. The van der Waals surface area contributed by atoms with E-state index >= 15 is 0 Å². The Bertz CT molecular complexity index is 1530. The Morgan fingerprint density at radius 2 is 1.81 bits per heavy atom. The maximum atomic E-state index is 13.6. The van der Waals surface area contributed by atoms with E-state index in [2.05, 4.69) is 5.32 Å². The fourth-order valence-corrected chi connectivity index (χ4v) is 5.84. The van der Waals surface area contributed by atoms with Gasteiger partial charge in [0.1, 0.15) is 11.5 Å². The van der Waals surface area contributed by atoms with E-state index in [1.54, 1.807) is 24.3 Å². The first-order valence-corrected chi connectivity index (χ1v) is 13.1. The molecule has 0 saturated carbocycles. The number of nitrogens with one attached hydrogen (secondary N) is 1. The molecular weight excluding hydrogens is 500 g/mol. The maximum absolute atomic E-state index is 13.6. The second-order valence-electron chi connectivity index (χ2n) is 8.29. The average Bonchev–Trinajstić information content (AvgIpc) is 2.91. The van der Waals surface area contributed by atoms with Gasteiger partial charge < -0.3 is 14.8 Å². The molecule has 0 spiro atoms. The summed E-state index contributed by atoms with van der Waals surface area (Å²) >= 11 is 6.17. The average molecular weight is 523 g/mol. The van der Waals surface area contributed by atoms with Gasteiger partial charge in [-0.3, -0.25) is 9.10 Å². The van der Waals surface area contributed by atoms with Gasteiger partial charge in [0.25, 0.3) is 15.9 Å². The quantitative estimate of drug-likeness (QED) is 0.394. The number of methoxy groups -OCH3 is 1. The number of hydrogen-bond donors (Lipinski definition) is 1.